The van der Waals surface area contributed by atoms with Crippen molar-refractivity contribution in [2.45, 2.75) is 6.92 Å². The number of pyridine rings is 1. The molecule has 0 aliphatic carbocycles. The summed E-state index contributed by atoms with van der Waals surface area (Å²) in [5.74, 6) is 0. The van der Waals surface area contributed by atoms with Crippen molar-refractivity contribution in [1.29, 1.82) is 0 Å². The quantitative estimate of drug-likeness (QED) is 0.694. The van der Waals surface area contributed by atoms with E-state index in [0.717, 1.165) is 29.0 Å². The number of hydrogen-bond donors (Lipinski definition) is 2. The van der Waals surface area contributed by atoms with Crippen LogP contribution in [0.4, 0.5) is 11.4 Å². The lowest BCUT2D eigenvalue weighted by Crippen LogP contribution is -1.96. The molecule has 0 fully saturated rings. The Bertz CT molecular complexity index is 734. The maximum atomic E-state index is 4.75. The van der Waals surface area contributed by atoms with Crippen LogP contribution >= 0.6 is 0 Å². The molecule has 3 heteroatoms. The molecule has 3 nitrogen and oxygen atoms in total. The smallest absolute Gasteiger partial charge is 0.0730 e. The van der Waals surface area contributed by atoms with Crippen LogP contribution in [0.2, 0.25) is 0 Å². The van der Waals surface area contributed by atoms with Crippen LogP contribution in [-0.4, -0.2) is 18.6 Å². The Morgan fingerprint density at radius 3 is 2.16 bits per heavy atom. The summed E-state index contributed by atoms with van der Waals surface area (Å²) in [5, 5.41) is 8.81. The SMILES string of the molecule is CCNc1ccc2cc3ccc(NC)cc3nc2c1. The summed E-state index contributed by atoms with van der Waals surface area (Å²) in [6.45, 7) is 3.01. The fourth-order valence-electron chi connectivity index (χ4n) is 2.29. The molecule has 0 radical (unpaired) electrons. The third kappa shape index (κ3) is 2.19. The zero-order valence-electron chi connectivity index (χ0n) is 11.2. The fourth-order valence-corrected chi connectivity index (χ4v) is 2.29. The molecule has 0 unspecified atom stereocenters. The summed E-state index contributed by atoms with van der Waals surface area (Å²) in [6.07, 6.45) is 0. The van der Waals surface area contributed by atoms with Gasteiger partial charge in [-0.1, -0.05) is 12.1 Å². The van der Waals surface area contributed by atoms with Crippen molar-refractivity contribution in [3.05, 3.63) is 42.5 Å². The predicted octanol–water partition coefficient (Wildman–Crippen LogP) is 3.86. The highest BCUT2D eigenvalue weighted by Crippen LogP contribution is 2.24. The van der Waals surface area contributed by atoms with E-state index in [9.17, 15) is 0 Å². The Labute approximate surface area is 112 Å². The largest absolute Gasteiger partial charge is 0.388 e. The van der Waals surface area contributed by atoms with Crippen molar-refractivity contribution < 1.29 is 0 Å². The Morgan fingerprint density at radius 1 is 0.895 bits per heavy atom. The topological polar surface area (TPSA) is 37.0 Å². The van der Waals surface area contributed by atoms with Crippen molar-refractivity contribution in [3.8, 4) is 0 Å². The second-order valence-electron chi connectivity index (χ2n) is 4.58. The second-order valence-corrected chi connectivity index (χ2v) is 4.58. The van der Waals surface area contributed by atoms with Crippen LogP contribution in [0.15, 0.2) is 42.5 Å². The van der Waals surface area contributed by atoms with Crippen molar-refractivity contribution in [3.63, 3.8) is 0 Å². The number of anilines is 2. The number of hydrogen-bond acceptors (Lipinski definition) is 3. The van der Waals surface area contributed by atoms with Gasteiger partial charge in [0, 0.05) is 35.7 Å². The molecule has 2 aromatic carbocycles. The number of nitrogens with zero attached hydrogens (tertiary/aromatic N) is 1. The molecule has 3 aromatic rings. The van der Waals surface area contributed by atoms with Gasteiger partial charge in [-0.3, -0.25) is 0 Å². The van der Waals surface area contributed by atoms with Crippen LogP contribution in [0.3, 0.4) is 0 Å². The molecule has 1 aromatic heterocycles. The van der Waals surface area contributed by atoms with Crippen LogP contribution in [0.5, 0.6) is 0 Å². The van der Waals surface area contributed by atoms with Crippen LogP contribution in [-0.2, 0) is 0 Å². The molecule has 0 atom stereocenters. The number of benzene rings is 2. The van der Waals surface area contributed by atoms with Gasteiger partial charge in [0.2, 0.25) is 0 Å². The lowest BCUT2D eigenvalue weighted by Gasteiger charge is -2.07. The molecular weight excluding hydrogens is 234 g/mol. The van der Waals surface area contributed by atoms with E-state index in [-0.39, 0.29) is 0 Å². The normalized spacial score (nSPS) is 10.8. The van der Waals surface area contributed by atoms with Crippen molar-refractivity contribution in [1.82, 2.24) is 4.98 Å². The number of nitrogens with one attached hydrogen (secondary N) is 2. The van der Waals surface area contributed by atoms with E-state index in [1.54, 1.807) is 0 Å². The van der Waals surface area contributed by atoms with E-state index in [2.05, 4.69) is 60.0 Å². The van der Waals surface area contributed by atoms with Crippen molar-refractivity contribution in [2.24, 2.45) is 0 Å². The highest BCUT2D eigenvalue weighted by molar-refractivity contribution is 5.95. The first-order valence-electron chi connectivity index (χ1n) is 6.56. The first kappa shape index (κ1) is 11.8. The minimum atomic E-state index is 0.920. The van der Waals surface area contributed by atoms with E-state index in [1.165, 1.54) is 10.8 Å². The minimum Gasteiger partial charge on any atom is -0.388 e. The summed E-state index contributed by atoms with van der Waals surface area (Å²) in [5.41, 5.74) is 4.25. The van der Waals surface area contributed by atoms with E-state index in [0.29, 0.717) is 0 Å². The van der Waals surface area contributed by atoms with Crippen molar-refractivity contribution >= 4 is 33.2 Å². The molecule has 19 heavy (non-hydrogen) atoms. The van der Waals surface area contributed by atoms with Gasteiger partial charge in [-0.25, -0.2) is 4.98 Å². The molecule has 96 valence electrons. The Morgan fingerprint density at radius 2 is 1.53 bits per heavy atom. The standard InChI is InChI=1S/C16H17N3/c1-3-18-14-7-5-12-8-11-4-6-13(17-2)9-15(11)19-16(12)10-14/h4-10,17-18H,3H2,1-2H3. The molecule has 0 spiro atoms. The van der Waals surface area contributed by atoms with E-state index in [1.807, 2.05) is 7.05 Å². The fraction of sp³-hybridized carbons (Fsp3) is 0.188. The second kappa shape index (κ2) is 4.76. The van der Waals surface area contributed by atoms with Gasteiger partial charge in [0.15, 0.2) is 0 Å². The van der Waals surface area contributed by atoms with Crippen molar-refractivity contribution in [2.75, 3.05) is 24.2 Å². The van der Waals surface area contributed by atoms with Gasteiger partial charge >= 0.3 is 0 Å². The van der Waals surface area contributed by atoms with E-state index in [4.69, 9.17) is 4.98 Å². The summed E-state index contributed by atoms with van der Waals surface area (Å²) < 4.78 is 0. The van der Waals surface area contributed by atoms with Gasteiger partial charge in [-0.15, -0.1) is 0 Å². The Balaban J connectivity index is 2.20. The zero-order valence-corrected chi connectivity index (χ0v) is 11.2. The first-order chi connectivity index (χ1) is 9.30. The van der Waals surface area contributed by atoms with Gasteiger partial charge < -0.3 is 10.6 Å². The molecule has 1 heterocycles. The Kier molecular flexibility index (Phi) is 2.95. The molecule has 0 saturated carbocycles. The van der Waals surface area contributed by atoms with Gasteiger partial charge in [-0.2, -0.15) is 0 Å². The van der Waals surface area contributed by atoms with Crippen LogP contribution in [0.1, 0.15) is 6.92 Å². The lowest BCUT2D eigenvalue weighted by atomic mass is 10.1. The maximum Gasteiger partial charge on any atom is 0.0730 e. The zero-order chi connectivity index (χ0) is 13.2. The molecule has 3 rings (SSSR count). The van der Waals surface area contributed by atoms with Gasteiger partial charge in [-0.05, 0) is 37.3 Å². The third-order valence-corrected chi connectivity index (χ3v) is 3.28. The lowest BCUT2D eigenvalue weighted by molar-refractivity contribution is 1.21. The molecule has 0 aliphatic rings. The van der Waals surface area contributed by atoms with Gasteiger partial charge in [0.25, 0.3) is 0 Å². The molecule has 0 saturated heterocycles. The van der Waals surface area contributed by atoms with Gasteiger partial charge in [0.05, 0.1) is 11.0 Å². The summed E-state index contributed by atoms with van der Waals surface area (Å²) in [6, 6.07) is 14.8. The van der Waals surface area contributed by atoms with Gasteiger partial charge in [0.1, 0.15) is 0 Å². The van der Waals surface area contributed by atoms with Crippen LogP contribution in [0.25, 0.3) is 21.8 Å². The monoisotopic (exact) mass is 251 g/mol. The maximum absolute atomic E-state index is 4.75. The summed E-state index contributed by atoms with van der Waals surface area (Å²) in [7, 11) is 1.92. The minimum absolute atomic E-state index is 0.920. The van der Waals surface area contributed by atoms with E-state index >= 15 is 0 Å². The highest BCUT2D eigenvalue weighted by atomic mass is 14.9. The molecule has 0 bridgehead atoms. The van der Waals surface area contributed by atoms with Crippen LogP contribution < -0.4 is 10.6 Å². The summed E-state index contributed by atoms with van der Waals surface area (Å²) in [4.78, 5) is 4.75. The molecule has 0 amide bonds. The molecule has 0 aliphatic heterocycles. The highest BCUT2D eigenvalue weighted by Gasteiger charge is 2.02. The molecule has 2 N–H and O–H groups in total. The Hall–Kier alpha value is -2.29. The number of fused-ring (bicyclic) bond motifs is 2. The number of aromatic nitrogens is 1. The summed E-state index contributed by atoms with van der Waals surface area (Å²) >= 11 is 0. The third-order valence-electron chi connectivity index (χ3n) is 3.28. The average Bonchev–Trinajstić information content (AvgIpc) is 2.45. The van der Waals surface area contributed by atoms with E-state index < -0.39 is 0 Å². The average molecular weight is 251 g/mol. The predicted molar refractivity (Wildman–Crippen MR) is 83.0 cm³/mol. The molecular formula is C16H17N3. The van der Waals surface area contributed by atoms with Crippen LogP contribution in [0, 0.1) is 0 Å². The number of rotatable bonds is 3. The first-order valence-corrected chi connectivity index (χ1v) is 6.56.